The predicted molar refractivity (Wildman–Crippen MR) is 87.8 cm³/mol. The smallest absolute Gasteiger partial charge is 0.308 e. The van der Waals surface area contributed by atoms with Crippen LogP contribution in [0.5, 0.6) is 0 Å². The maximum atomic E-state index is 13.9. The van der Waals surface area contributed by atoms with Crippen LogP contribution < -0.4 is 0 Å². The van der Waals surface area contributed by atoms with E-state index >= 15 is 0 Å². The van der Waals surface area contributed by atoms with Crippen molar-refractivity contribution in [2.45, 2.75) is 36.1 Å². The second-order valence-corrected chi connectivity index (χ2v) is 9.09. The summed E-state index contributed by atoms with van der Waals surface area (Å²) in [7, 11) is -3.88. The molecule has 1 fully saturated rings. The van der Waals surface area contributed by atoms with Gasteiger partial charge in [-0.25, -0.2) is 17.2 Å². The van der Waals surface area contributed by atoms with Crippen LogP contribution in [-0.2, 0) is 27.8 Å². The Hall–Kier alpha value is -1.84. The van der Waals surface area contributed by atoms with Crippen molar-refractivity contribution >= 4 is 27.3 Å². The van der Waals surface area contributed by atoms with E-state index in [0.717, 1.165) is 23.5 Å². The van der Waals surface area contributed by atoms with Crippen molar-refractivity contribution in [2.24, 2.45) is 0 Å². The summed E-state index contributed by atoms with van der Waals surface area (Å²) in [6.45, 7) is -0.189. The Kier molecular flexibility index (Phi) is 4.90. The molecular weight excluding hydrogens is 372 g/mol. The molecule has 0 radical (unpaired) electrons. The van der Waals surface area contributed by atoms with Gasteiger partial charge in [0.15, 0.2) is 0 Å². The first-order valence-corrected chi connectivity index (χ1v) is 9.79. The molecule has 5 nitrogen and oxygen atoms in total. The summed E-state index contributed by atoms with van der Waals surface area (Å²) in [6.07, 6.45) is 1.10. The third-order valence-electron chi connectivity index (χ3n) is 3.82. The first kappa shape index (κ1) is 18.0. The molecular formula is C16H15F2NO4S2. The predicted octanol–water partition coefficient (Wildman–Crippen LogP) is 3.01. The second kappa shape index (κ2) is 6.81. The Morgan fingerprint density at radius 3 is 2.56 bits per heavy atom. The van der Waals surface area contributed by atoms with Crippen molar-refractivity contribution in [3.63, 3.8) is 0 Å². The standard InChI is InChI=1S/C16H15F2NO4S2/c17-11-2-1-10(14(18)7-11)9-19(12-3-4-12)25(22,23)16-6-5-13(24-16)8-15(20)21/h1-2,5-7,12H,3-4,8-9H2,(H,20,21). The number of benzene rings is 1. The number of sulfonamides is 1. The Bertz CT molecular complexity index is 907. The van der Waals surface area contributed by atoms with Gasteiger partial charge in [0.05, 0.1) is 6.42 Å². The molecule has 0 bridgehead atoms. The number of carboxylic acids is 1. The lowest BCUT2D eigenvalue weighted by Gasteiger charge is -2.21. The van der Waals surface area contributed by atoms with Gasteiger partial charge in [0.2, 0.25) is 0 Å². The van der Waals surface area contributed by atoms with E-state index in [4.69, 9.17) is 5.11 Å². The van der Waals surface area contributed by atoms with Gasteiger partial charge in [0.1, 0.15) is 15.8 Å². The minimum Gasteiger partial charge on any atom is -0.481 e. The number of halogens is 2. The van der Waals surface area contributed by atoms with Gasteiger partial charge < -0.3 is 5.11 Å². The van der Waals surface area contributed by atoms with Crippen molar-refractivity contribution in [2.75, 3.05) is 0 Å². The van der Waals surface area contributed by atoms with E-state index in [2.05, 4.69) is 0 Å². The van der Waals surface area contributed by atoms with E-state index in [9.17, 15) is 22.0 Å². The van der Waals surface area contributed by atoms with Gasteiger partial charge in [0.25, 0.3) is 10.0 Å². The summed E-state index contributed by atoms with van der Waals surface area (Å²) in [5.41, 5.74) is 0.0965. The fourth-order valence-corrected chi connectivity index (χ4v) is 5.59. The van der Waals surface area contributed by atoms with E-state index in [-0.39, 0.29) is 28.8 Å². The largest absolute Gasteiger partial charge is 0.481 e. The lowest BCUT2D eigenvalue weighted by atomic mass is 10.2. The molecule has 1 aromatic carbocycles. The maximum absolute atomic E-state index is 13.9. The average molecular weight is 387 g/mol. The number of thiophene rings is 1. The third kappa shape index (κ3) is 4.05. The quantitative estimate of drug-likeness (QED) is 0.793. The van der Waals surface area contributed by atoms with Gasteiger partial charge in [-0.15, -0.1) is 11.3 Å². The number of rotatable bonds is 7. The van der Waals surface area contributed by atoms with Gasteiger partial charge in [0, 0.05) is 29.1 Å². The lowest BCUT2D eigenvalue weighted by Crippen LogP contribution is -2.32. The van der Waals surface area contributed by atoms with Crippen LogP contribution in [0.15, 0.2) is 34.5 Å². The van der Waals surface area contributed by atoms with E-state index < -0.39 is 27.6 Å². The number of hydrogen-bond acceptors (Lipinski definition) is 4. The summed E-state index contributed by atoms with van der Waals surface area (Å²) in [5.74, 6) is -2.56. The molecule has 0 unspecified atom stereocenters. The fraction of sp³-hybridized carbons (Fsp3) is 0.312. The van der Waals surface area contributed by atoms with Crippen LogP contribution in [0.3, 0.4) is 0 Å². The summed E-state index contributed by atoms with van der Waals surface area (Å²) >= 11 is 0.895. The molecule has 1 N–H and O–H groups in total. The van der Waals surface area contributed by atoms with Gasteiger partial charge in [-0.2, -0.15) is 4.31 Å². The van der Waals surface area contributed by atoms with Gasteiger partial charge in [-0.3, -0.25) is 4.79 Å². The van der Waals surface area contributed by atoms with E-state index in [0.29, 0.717) is 17.7 Å². The molecule has 0 amide bonds. The number of aliphatic carboxylic acids is 1. The van der Waals surface area contributed by atoms with Crippen LogP contribution in [-0.4, -0.2) is 29.8 Å². The highest BCUT2D eigenvalue weighted by Crippen LogP contribution is 2.36. The van der Waals surface area contributed by atoms with Crippen LogP contribution in [0.4, 0.5) is 8.78 Å². The molecule has 1 aliphatic carbocycles. The van der Waals surface area contributed by atoms with Crippen LogP contribution in [0.1, 0.15) is 23.3 Å². The lowest BCUT2D eigenvalue weighted by molar-refractivity contribution is -0.136. The number of carboxylic acid groups (broad SMARTS) is 1. The molecule has 25 heavy (non-hydrogen) atoms. The fourth-order valence-electron chi connectivity index (χ4n) is 2.45. The molecule has 0 saturated heterocycles. The number of nitrogens with zero attached hydrogens (tertiary/aromatic N) is 1. The van der Waals surface area contributed by atoms with E-state index in [1.807, 2.05) is 0 Å². The van der Waals surface area contributed by atoms with Crippen LogP contribution >= 0.6 is 11.3 Å². The Labute approximate surface area is 147 Å². The topological polar surface area (TPSA) is 74.7 Å². The summed E-state index contributed by atoms with van der Waals surface area (Å²) in [4.78, 5) is 11.2. The number of hydrogen-bond donors (Lipinski definition) is 1. The van der Waals surface area contributed by atoms with Crippen molar-refractivity contribution in [3.05, 3.63) is 52.4 Å². The zero-order valence-corrected chi connectivity index (χ0v) is 14.6. The van der Waals surface area contributed by atoms with E-state index in [1.165, 1.54) is 22.5 Å². The monoisotopic (exact) mass is 387 g/mol. The maximum Gasteiger partial charge on any atom is 0.308 e. The van der Waals surface area contributed by atoms with Crippen molar-refractivity contribution in [1.82, 2.24) is 4.31 Å². The Morgan fingerprint density at radius 2 is 1.96 bits per heavy atom. The summed E-state index contributed by atoms with van der Waals surface area (Å²) in [6, 6.07) is 5.67. The average Bonchev–Trinajstić information content (AvgIpc) is 3.24. The van der Waals surface area contributed by atoms with Crippen molar-refractivity contribution < 1.29 is 27.1 Å². The molecule has 9 heteroatoms. The zero-order valence-electron chi connectivity index (χ0n) is 13.0. The first-order valence-electron chi connectivity index (χ1n) is 7.53. The van der Waals surface area contributed by atoms with Crippen molar-refractivity contribution in [3.8, 4) is 0 Å². The molecule has 0 aliphatic heterocycles. The second-order valence-electron chi connectivity index (χ2n) is 5.81. The molecule has 1 heterocycles. The van der Waals surface area contributed by atoms with Crippen LogP contribution in [0.2, 0.25) is 0 Å². The highest BCUT2D eigenvalue weighted by atomic mass is 32.2. The van der Waals surface area contributed by atoms with Crippen molar-refractivity contribution in [1.29, 1.82) is 0 Å². The summed E-state index contributed by atoms with van der Waals surface area (Å²) in [5, 5.41) is 8.81. The molecule has 3 rings (SSSR count). The van der Waals surface area contributed by atoms with E-state index in [1.54, 1.807) is 0 Å². The highest BCUT2D eigenvalue weighted by molar-refractivity contribution is 7.91. The normalized spacial score (nSPS) is 14.8. The molecule has 0 spiro atoms. The molecule has 1 aromatic heterocycles. The Morgan fingerprint density at radius 1 is 1.24 bits per heavy atom. The van der Waals surface area contributed by atoms with Crippen LogP contribution in [0, 0.1) is 11.6 Å². The SMILES string of the molecule is O=C(O)Cc1ccc(S(=O)(=O)N(Cc2ccc(F)cc2F)C2CC2)s1. The van der Waals surface area contributed by atoms with Crippen LogP contribution in [0.25, 0.3) is 0 Å². The molecule has 0 atom stereocenters. The Balaban J connectivity index is 1.88. The molecule has 1 saturated carbocycles. The minimum absolute atomic E-state index is 0.0261. The molecule has 134 valence electrons. The highest BCUT2D eigenvalue weighted by Gasteiger charge is 2.39. The van der Waals surface area contributed by atoms with Gasteiger partial charge in [-0.1, -0.05) is 6.07 Å². The summed E-state index contributed by atoms with van der Waals surface area (Å²) < 4.78 is 54.0. The zero-order chi connectivity index (χ0) is 18.2. The van der Waals surface area contributed by atoms with Gasteiger partial charge >= 0.3 is 5.97 Å². The third-order valence-corrected chi connectivity index (χ3v) is 7.27. The number of carbonyl (C=O) groups is 1. The first-order chi connectivity index (χ1) is 11.8. The molecule has 1 aliphatic rings. The molecule has 2 aromatic rings. The minimum atomic E-state index is -3.88. The van der Waals surface area contributed by atoms with Gasteiger partial charge in [-0.05, 0) is 31.0 Å².